The van der Waals surface area contributed by atoms with E-state index in [1.165, 1.54) is 0 Å². The second-order valence-corrected chi connectivity index (χ2v) is 5.12. The minimum atomic E-state index is -1.20. The summed E-state index contributed by atoms with van der Waals surface area (Å²) < 4.78 is 0. The molecule has 2 unspecified atom stereocenters. The van der Waals surface area contributed by atoms with Crippen LogP contribution in [0, 0.1) is 0 Å². The van der Waals surface area contributed by atoms with Crippen molar-refractivity contribution in [2.24, 2.45) is 0 Å². The summed E-state index contributed by atoms with van der Waals surface area (Å²) in [6, 6.07) is 7.86. The first-order valence-corrected chi connectivity index (χ1v) is 6.58. The topological polar surface area (TPSA) is 57.5 Å². The fraction of sp³-hybridized carbons (Fsp3) is 0.533. The maximum atomic E-state index is 11.2. The number of aliphatic hydroxyl groups excluding tert-OH is 1. The smallest absolute Gasteiger partial charge is 0.152 e. The quantitative estimate of drug-likeness (QED) is 0.799. The van der Waals surface area contributed by atoms with Crippen LogP contribution in [0.2, 0.25) is 0 Å². The number of rotatable bonds is 4. The van der Waals surface area contributed by atoms with E-state index in [1.54, 1.807) is 0 Å². The Morgan fingerprint density at radius 1 is 1.28 bits per heavy atom. The molecule has 1 fully saturated rings. The third-order valence-electron chi connectivity index (χ3n) is 3.91. The molecule has 0 bridgehead atoms. The molecule has 3 nitrogen and oxygen atoms in total. The molecule has 1 aliphatic carbocycles. The molecule has 18 heavy (non-hydrogen) atoms. The summed E-state index contributed by atoms with van der Waals surface area (Å²) >= 11 is 0. The largest absolute Gasteiger partial charge is 0.396 e. The van der Waals surface area contributed by atoms with E-state index in [-0.39, 0.29) is 12.5 Å². The maximum absolute atomic E-state index is 11.2. The summed E-state index contributed by atoms with van der Waals surface area (Å²) in [4.78, 5) is 11.2. The van der Waals surface area contributed by atoms with Crippen LogP contribution in [0.5, 0.6) is 0 Å². The number of carbonyl (C=O) groups excluding carboxylic acids is 1. The fourth-order valence-corrected chi connectivity index (χ4v) is 2.82. The van der Waals surface area contributed by atoms with Crippen LogP contribution < -0.4 is 0 Å². The van der Waals surface area contributed by atoms with Crippen molar-refractivity contribution in [1.82, 2.24) is 0 Å². The second-order valence-electron chi connectivity index (χ2n) is 5.12. The first kappa shape index (κ1) is 13.2. The summed E-state index contributed by atoms with van der Waals surface area (Å²) in [5.74, 6) is -0.0908. The molecule has 0 aromatic heterocycles. The molecule has 0 heterocycles. The van der Waals surface area contributed by atoms with Crippen molar-refractivity contribution >= 4 is 6.29 Å². The van der Waals surface area contributed by atoms with Crippen LogP contribution in [0.1, 0.15) is 42.7 Å². The first-order chi connectivity index (χ1) is 8.69. The van der Waals surface area contributed by atoms with Gasteiger partial charge < -0.3 is 15.0 Å². The highest BCUT2D eigenvalue weighted by Crippen LogP contribution is 2.39. The SMILES string of the molecule is O=CC1(O)CCCCC1c1ccc(CCO)cc1. The van der Waals surface area contributed by atoms with Gasteiger partial charge in [0, 0.05) is 12.5 Å². The van der Waals surface area contributed by atoms with Crippen LogP contribution in [0.3, 0.4) is 0 Å². The van der Waals surface area contributed by atoms with Gasteiger partial charge in [0.25, 0.3) is 0 Å². The van der Waals surface area contributed by atoms with E-state index in [4.69, 9.17) is 5.11 Å². The van der Waals surface area contributed by atoms with Crippen molar-refractivity contribution in [1.29, 1.82) is 0 Å². The standard InChI is InChI=1S/C15H20O3/c16-10-8-12-4-6-13(7-5-12)14-3-1-2-9-15(14,18)11-17/h4-7,11,14,16,18H,1-3,8-10H2. The molecule has 1 aromatic carbocycles. The van der Waals surface area contributed by atoms with E-state index >= 15 is 0 Å². The molecular weight excluding hydrogens is 228 g/mol. The lowest BCUT2D eigenvalue weighted by molar-refractivity contribution is -0.129. The summed E-state index contributed by atoms with van der Waals surface area (Å²) in [5, 5.41) is 19.2. The van der Waals surface area contributed by atoms with E-state index < -0.39 is 5.60 Å². The molecule has 0 radical (unpaired) electrons. The van der Waals surface area contributed by atoms with Crippen molar-refractivity contribution in [3.05, 3.63) is 35.4 Å². The Morgan fingerprint density at radius 3 is 2.61 bits per heavy atom. The molecule has 3 heteroatoms. The molecule has 2 rings (SSSR count). The highest BCUT2D eigenvalue weighted by atomic mass is 16.3. The zero-order valence-corrected chi connectivity index (χ0v) is 10.5. The number of hydrogen-bond donors (Lipinski definition) is 2. The molecule has 1 saturated carbocycles. The Balaban J connectivity index is 2.20. The van der Waals surface area contributed by atoms with Crippen molar-refractivity contribution in [3.8, 4) is 0 Å². The number of aliphatic hydroxyl groups is 2. The van der Waals surface area contributed by atoms with Crippen LogP contribution in [0.4, 0.5) is 0 Å². The molecule has 1 aliphatic rings. The lowest BCUT2D eigenvalue weighted by Crippen LogP contribution is -2.40. The molecule has 2 N–H and O–H groups in total. The Hall–Kier alpha value is -1.19. The van der Waals surface area contributed by atoms with Gasteiger partial charge in [0.05, 0.1) is 0 Å². The van der Waals surface area contributed by atoms with Gasteiger partial charge in [-0.3, -0.25) is 0 Å². The normalized spacial score (nSPS) is 28.0. The third kappa shape index (κ3) is 2.62. The highest BCUT2D eigenvalue weighted by Gasteiger charge is 2.39. The van der Waals surface area contributed by atoms with Crippen molar-refractivity contribution in [2.45, 2.75) is 43.6 Å². The third-order valence-corrected chi connectivity index (χ3v) is 3.91. The van der Waals surface area contributed by atoms with Gasteiger partial charge in [0.15, 0.2) is 6.29 Å². The number of hydrogen-bond acceptors (Lipinski definition) is 3. The monoisotopic (exact) mass is 248 g/mol. The zero-order chi connectivity index (χ0) is 13.0. The van der Waals surface area contributed by atoms with Gasteiger partial charge in [0.2, 0.25) is 0 Å². The van der Waals surface area contributed by atoms with E-state index in [1.807, 2.05) is 24.3 Å². The van der Waals surface area contributed by atoms with Gasteiger partial charge in [-0.1, -0.05) is 37.1 Å². The van der Waals surface area contributed by atoms with E-state index in [0.717, 1.165) is 30.4 Å². The summed E-state index contributed by atoms with van der Waals surface area (Å²) in [5.41, 5.74) is 0.897. The molecule has 0 amide bonds. The summed E-state index contributed by atoms with van der Waals surface area (Å²) in [6.07, 6.45) is 4.73. The first-order valence-electron chi connectivity index (χ1n) is 6.58. The van der Waals surface area contributed by atoms with Crippen LogP contribution >= 0.6 is 0 Å². The number of carbonyl (C=O) groups is 1. The minimum absolute atomic E-state index is 0.0908. The van der Waals surface area contributed by atoms with Gasteiger partial charge in [-0.15, -0.1) is 0 Å². The summed E-state index contributed by atoms with van der Waals surface area (Å²) in [7, 11) is 0. The number of aldehydes is 1. The lowest BCUT2D eigenvalue weighted by Gasteiger charge is -2.36. The predicted molar refractivity (Wildman–Crippen MR) is 69.5 cm³/mol. The van der Waals surface area contributed by atoms with Crippen LogP contribution in [0.15, 0.2) is 24.3 Å². The zero-order valence-electron chi connectivity index (χ0n) is 10.5. The average molecular weight is 248 g/mol. The van der Waals surface area contributed by atoms with Gasteiger partial charge in [-0.25, -0.2) is 0 Å². The predicted octanol–water partition coefficient (Wildman–Crippen LogP) is 1.81. The minimum Gasteiger partial charge on any atom is -0.396 e. The maximum Gasteiger partial charge on any atom is 0.152 e. The molecule has 0 spiro atoms. The van der Waals surface area contributed by atoms with Gasteiger partial charge in [-0.05, 0) is 30.4 Å². The molecule has 2 atom stereocenters. The van der Waals surface area contributed by atoms with Crippen molar-refractivity contribution in [3.63, 3.8) is 0 Å². The highest BCUT2D eigenvalue weighted by molar-refractivity contribution is 5.65. The van der Waals surface area contributed by atoms with Crippen LogP contribution in [-0.4, -0.2) is 28.7 Å². The molecule has 0 saturated heterocycles. The lowest BCUT2D eigenvalue weighted by atomic mass is 9.72. The van der Waals surface area contributed by atoms with Gasteiger partial charge >= 0.3 is 0 Å². The molecule has 1 aromatic rings. The van der Waals surface area contributed by atoms with Crippen molar-refractivity contribution in [2.75, 3.05) is 6.61 Å². The van der Waals surface area contributed by atoms with E-state index in [2.05, 4.69) is 0 Å². The molecule has 98 valence electrons. The second kappa shape index (κ2) is 5.63. The Labute approximate surface area is 107 Å². The Morgan fingerprint density at radius 2 is 2.00 bits per heavy atom. The Kier molecular flexibility index (Phi) is 4.15. The van der Waals surface area contributed by atoms with Gasteiger partial charge in [-0.2, -0.15) is 0 Å². The van der Waals surface area contributed by atoms with E-state index in [9.17, 15) is 9.90 Å². The molecule has 0 aliphatic heterocycles. The van der Waals surface area contributed by atoms with Crippen LogP contribution in [0.25, 0.3) is 0 Å². The van der Waals surface area contributed by atoms with E-state index in [0.29, 0.717) is 19.1 Å². The fourth-order valence-electron chi connectivity index (χ4n) is 2.82. The van der Waals surface area contributed by atoms with Crippen LogP contribution in [-0.2, 0) is 11.2 Å². The number of benzene rings is 1. The van der Waals surface area contributed by atoms with Crippen molar-refractivity contribution < 1.29 is 15.0 Å². The molecular formula is C15H20O3. The summed E-state index contributed by atoms with van der Waals surface area (Å²) in [6.45, 7) is 0.140. The average Bonchev–Trinajstić information content (AvgIpc) is 2.41. The Bertz CT molecular complexity index is 399. The van der Waals surface area contributed by atoms with Gasteiger partial charge in [0.1, 0.15) is 5.60 Å².